The van der Waals surface area contributed by atoms with Gasteiger partial charge in [0.15, 0.2) is 0 Å². The van der Waals surface area contributed by atoms with Crippen LogP contribution in [0, 0.1) is 6.92 Å². The fraction of sp³-hybridized carbons (Fsp3) is 0.409. The molecular formula is C22H28N2O3. The molecule has 1 fully saturated rings. The molecule has 5 heteroatoms. The van der Waals surface area contributed by atoms with Crippen LogP contribution in [-0.2, 0) is 16.1 Å². The van der Waals surface area contributed by atoms with Gasteiger partial charge >= 0.3 is 0 Å². The number of methoxy groups -OCH3 is 1. The van der Waals surface area contributed by atoms with Gasteiger partial charge in [-0.2, -0.15) is 0 Å². The summed E-state index contributed by atoms with van der Waals surface area (Å²) in [6.07, 6.45) is 2.34. The van der Waals surface area contributed by atoms with Crippen molar-refractivity contribution in [2.75, 3.05) is 32.1 Å². The van der Waals surface area contributed by atoms with E-state index in [1.807, 2.05) is 49.4 Å². The van der Waals surface area contributed by atoms with Crippen LogP contribution in [0.4, 0.5) is 5.69 Å². The van der Waals surface area contributed by atoms with Crippen LogP contribution < -0.4 is 10.1 Å². The Bertz CT molecular complexity index is 739. The van der Waals surface area contributed by atoms with E-state index in [0.717, 1.165) is 43.0 Å². The molecule has 1 N–H and O–H groups in total. The molecule has 1 amide bonds. The van der Waals surface area contributed by atoms with Crippen molar-refractivity contribution in [3.63, 3.8) is 0 Å². The average molecular weight is 368 g/mol. The molecule has 0 spiro atoms. The number of benzene rings is 2. The quantitative estimate of drug-likeness (QED) is 0.773. The predicted octanol–water partition coefficient (Wildman–Crippen LogP) is 3.62. The third-order valence-corrected chi connectivity index (χ3v) is 4.73. The number of hydrogen-bond acceptors (Lipinski definition) is 4. The Morgan fingerprint density at radius 3 is 2.78 bits per heavy atom. The number of nitrogens with zero attached hydrogens (tertiary/aromatic N) is 1. The summed E-state index contributed by atoms with van der Waals surface area (Å²) in [5, 5.41) is 2.99. The van der Waals surface area contributed by atoms with Gasteiger partial charge in [0.2, 0.25) is 5.91 Å². The van der Waals surface area contributed by atoms with Gasteiger partial charge in [0.25, 0.3) is 0 Å². The van der Waals surface area contributed by atoms with E-state index in [0.29, 0.717) is 13.1 Å². The number of carbonyl (C=O) groups excluding carboxylic acids is 1. The molecule has 0 saturated carbocycles. The maximum Gasteiger partial charge on any atom is 0.238 e. The van der Waals surface area contributed by atoms with Crippen LogP contribution in [0.15, 0.2) is 48.5 Å². The van der Waals surface area contributed by atoms with Gasteiger partial charge in [0.1, 0.15) is 5.75 Å². The van der Waals surface area contributed by atoms with Gasteiger partial charge in [-0.05, 0) is 49.6 Å². The maximum absolute atomic E-state index is 12.6. The molecule has 1 saturated heterocycles. The first-order valence-corrected chi connectivity index (χ1v) is 9.46. The number of nitrogens with one attached hydrogen (secondary N) is 1. The molecule has 144 valence electrons. The molecule has 3 rings (SSSR count). The van der Waals surface area contributed by atoms with Crippen molar-refractivity contribution in [2.45, 2.75) is 32.4 Å². The number of carbonyl (C=O) groups is 1. The minimum Gasteiger partial charge on any atom is -0.497 e. The average Bonchev–Trinajstić information content (AvgIpc) is 3.16. The van der Waals surface area contributed by atoms with Crippen LogP contribution >= 0.6 is 0 Å². The van der Waals surface area contributed by atoms with Crippen molar-refractivity contribution in [3.05, 3.63) is 59.7 Å². The monoisotopic (exact) mass is 368 g/mol. The molecule has 1 heterocycles. The number of aryl methyl sites for hydroxylation is 1. The zero-order chi connectivity index (χ0) is 19.1. The van der Waals surface area contributed by atoms with Crippen molar-refractivity contribution in [1.29, 1.82) is 0 Å². The zero-order valence-corrected chi connectivity index (χ0v) is 16.1. The van der Waals surface area contributed by atoms with Gasteiger partial charge < -0.3 is 14.8 Å². The maximum atomic E-state index is 12.6. The minimum atomic E-state index is -0.0141. The molecule has 2 aromatic rings. The summed E-state index contributed by atoms with van der Waals surface area (Å²) < 4.78 is 11.1. The Hall–Kier alpha value is -2.37. The van der Waals surface area contributed by atoms with Gasteiger partial charge in [0, 0.05) is 25.4 Å². The lowest BCUT2D eigenvalue weighted by molar-refractivity contribution is -0.117. The van der Waals surface area contributed by atoms with Crippen LogP contribution in [0.25, 0.3) is 0 Å². The number of amides is 1. The van der Waals surface area contributed by atoms with E-state index >= 15 is 0 Å². The van der Waals surface area contributed by atoms with Crippen LogP contribution in [0.1, 0.15) is 24.0 Å². The second-order valence-electron chi connectivity index (χ2n) is 7.07. The number of hydrogen-bond donors (Lipinski definition) is 1. The Morgan fingerprint density at radius 1 is 1.26 bits per heavy atom. The Labute approximate surface area is 161 Å². The van der Waals surface area contributed by atoms with Crippen molar-refractivity contribution in [2.24, 2.45) is 0 Å². The smallest absolute Gasteiger partial charge is 0.238 e. The van der Waals surface area contributed by atoms with Gasteiger partial charge in [-0.25, -0.2) is 0 Å². The molecular weight excluding hydrogens is 340 g/mol. The van der Waals surface area contributed by atoms with E-state index in [9.17, 15) is 4.79 Å². The van der Waals surface area contributed by atoms with E-state index in [2.05, 4.69) is 16.3 Å². The summed E-state index contributed by atoms with van der Waals surface area (Å²) in [5.41, 5.74) is 3.12. The van der Waals surface area contributed by atoms with Crippen LogP contribution in [-0.4, -0.2) is 43.7 Å². The first-order valence-electron chi connectivity index (χ1n) is 9.46. The predicted molar refractivity (Wildman–Crippen MR) is 107 cm³/mol. The Balaban J connectivity index is 1.64. The molecule has 1 atom stereocenters. The molecule has 1 aliphatic heterocycles. The molecule has 0 aliphatic carbocycles. The van der Waals surface area contributed by atoms with Crippen LogP contribution in [0.2, 0.25) is 0 Å². The molecule has 1 aliphatic rings. The highest BCUT2D eigenvalue weighted by atomic mass is 16.5. The fourth-order valence-electron chi connectivity index (χ4n) is 3.33. The Kier molecular flexibility index (Phi) is 6.85. The fourth-order valence-corrected chi connectivity index (χ4v) is 3.33. The second kappa shape index (κ2) is 9.53. The van der Waals surface area contributed by atoms with E-state index in [1.54, 1.807) is 7.11 Å². The van der Waals surface area contributed by atoms with E-state index in [1.165, 1.54) is 5.56 Å². The lowest BCUT2D eigenvalue weighted by Gasteiger charge is -2.25. The van der Waals surface area contributed by atoms with Crippen LogP contribution in [0.3, 0.4) is 0 Å². The van der Waals surface area contributed by atoms with Gasteiger partial charge in [-0.1, -0.05) is 29.8 Å². The van der Waals surface area contributed by atoms with Gasteiger partial charge in [0.05, 0.1) is 19.8 Å². The summed E-state index contributed by atoms with van der Waals surface area (Å²) in [5.74, 6) is 0.813. The van der Waals surface area contributed by atoms with E-state index < -0.39 is 0 Å². The molecule has 0 bridgehead atoms. The SMILES string of the molecule is COc1cccc(CN(CC(=O)Nc2ccc(C)cc2)CC2CCCO2)c1. The highest BCUT2D eigenvalue weighted by Crippen LogP contribution is 2.18. The van der Waals surface area contributed by atoms with Crippen molar-refractivity contribution >= 4 is 11.6 Å². The van der Waals surface area contributed by atoms with E-state index in [-0.39, 0.29) is 12.0 Å². The normalized spacial score (nSPS) is 16.5. The number of ether oxygens (including phenoxy) is 2. The van der Waals surface area contributed by atoms with E-state index in [4.69, 9.17) is 9.47 Å². The van der Waals surface area contributed by atoms with Crippen molar-refractivity contribution < 1.29 is 14.3 Å². The third-order valence-electron chi connectivity index (χ3n) is 4.73. The molecule has 1 unspecified atom stereocenters. The number of anilines is 1. The number of rotatable bonds is 8. The summed E-state index contributed by atoms with van der Waals surface area (Å²) in [6.45, 7) is 4.60. The lowest BCUT2D eigenvalue weighted by Crippen LogP contribution is -2.37. The topological polar surface area (TPSA) is 50.8 Å². The largest absolute Gasteiger partial charge is 0.497 e. The van der Waals surface area contributed by atoms with Crippen molar-refractivity contribution in [3.8, 4) is 5.75 Å². The molecule has 5 nitrogen and oxygen atoms in total. The Morgan fingerprint density at radius 2 is 2.07 bits per heavy atom. The second-order valence-corrected chi connectivity index (χ2v) is 7.07. The summed E-state index contributed by atoms with van der Waals surface area (Å²) in [7, 11) is 1.66. The zero-order valence-electron chi connectivity index (χ0n) is 16.1. The highest BCUT2D eigenvalue weighted by molar-refractivity contribution is 5.92. The standard InChI is InChI=1S/C22H28N2O3/c1-17-8-10-19(11-9-17)23-22(25)16-24(15-21-7-4-12-27-21)14-18-5-3-6-20(13-18)26-2/h3,5-6,8-11,13,21H,4,7,12,14-16H2,1-2H3,(H,23,25). The molecule has 0 radical (unpaired) electrons. The molecule has 2 aromatic carbocycles. The highest BCUT2D eigenvalue weighted by Gasteiger charge is 2.21. The third kappa shape index (κ3) is 6.08. The summed E-state index contributed by atoms with van der Waals surface area (Å²) in [4.78, 5) is 14.7. The minimum absolute atomic E-state index is 0.0141. The summed E-state index contributed by atoms with van der Waals surface area (Å²) in [6, 6.07) is 15.8. The van der Waals surface area contributed by atoms with Gasteiger partial charge in [-0.15, -0.1) is 0 Å². The van der Waals surface area contributed by atoms with Gasteiger partial charge in [-0.3, -0.25) is 9.69 Å². The lowest BCUT2D eigenvalue weighted by atomic mass is 10.1. The summed E-state index contributed by atoms with van der Waals surface area (Å²) >= 11 is 0. The molecule has 0 aromatic heterocycles. The first kappa shape index (κ1) is 19.4. The van der Waals surface area contributed by atoms with Crippen LogP contribution in [0.5, 0.6) is 5.75 Å². The molecule has 27 heavy (non-hydrogen) atoms. The first-order chi connectivity index (χ1) is 13.1. The van der Waals surface area contributed by atoms with Crippen molar-refractivity contribution in [1.82, 2.24) is 4.90 Å².